The fourth-order valence-electron chi connectivity index (χ4n) is 1.83. The largest absolute Gasteiger partial charge is 0.481 e. The molecule has 1 rings (SSSR count). The van der Waals surface area contributed by atoms with E-state index in [9.17, 15) is 24.5 Å². The molecule has 0 unspecified atom stereocenters. The smallest absolute Gasteiger partial charge is 0.303 e. The van der Waals surface area contributed by atoms with Gasteiger partial charge >= 0.3 is 5.97 Å². The van der Waals surface area contributed by atoms with Crippen LogP contribution in [-0.4, -0.2) is 40.9 Å². The number of benzene rings is 1. The third-order valence-electron chi connectivity index (χ3n) is 2.96. The number of halogens is 1. The minimum Gasteiger partial charge on any atom is -0.481 e. The molecule has 0 saturated heterocycles. The Morgan fingerprint density at radius 3 is 2.54 bits per heavy atom. The number of carboxylic acid groups (broad SMARTS) is 1. The lowest BCUT2D eigenvalue weighted by Gasteiger charge is -2.08. The van der Waals surface area contributed by atoms with E-state index in [2.05, 4.69) is 10.6 Å². The van der Waals surface area contributed by atoms with Crippen molar-refractivity contribution in [3.63, 3.8) is 0 Å². The molecule has 0 atom stereocenters. The molecule has 0 bridgehead atoms. The molecule has 0 heterocycles. The number of hydrogen-bond donors (Lipinski definition) is 3. The predicted octanol–water partition coefficient (Wildman–Crippen LogP) is 1.35. The van der Waals surface area contributed by atoms with Crippen molar-refractivity contribution in [2.45, 2.75) is 19.3 Å². The number of amides is 2. The van der Waals surface area contributed by atoms with E-state index >= 15 is 0 Å². The van der Waals surface area contributed by atoms with E-state index in [0.717, 1.165) is 6.07 Å². The molecule has 10 heteroatoms. The maximum atomic E-state index is 12.0. The highest BCUT2D eigenvalue weighted by molar-refractivity contribution is 6.34. The third kappa shape index (κ3) is 6.21. The summed E-state index contributed by atoms with van der Waals surface area (Å²) < 4.78 is 0. The average molecular weight is 358 g/mol. The van der Waals surface area contributed by atoms with Gasteiger partial charge in [0.15, 0.2) is 0 Å². The number of hydrogen-bond acceptors (Lipinski definition) is 5. The van der Waals surface area contributed by atoms with Crippen molar-refractivity contribution in [3.8, 4) is 0 Å². The van der Waals surface area contributed by atoms with Crippen LogP contribution >= 0.6 is 11.6 Å². The molecule has 0 aliphatic rings. The number of rotatable bonds is 9. The molecule has 0 aliphatic heterocycles. The fourth-order valence-corrected chi connectivity index (χ4v) is 2.09. The van der Waals surface area contributed by atoms with Gasteiger partial charge in [0.2, 0.25) is 5.91 Å². The summed E-state index contributed by atoms with van der Waals surface area (Å²) in [4.78, 5) is 44.1. The Morgan fingerprint density at radius 2 is 1.92 bits per heavy atom. The Balaban J connectivity index is 2.48. The van der Waals surface area contributed by atoms with Gasteiger partial charge in [-0.3, -0.25) is 24.5 Å². The van der Waals surface area contributed by atoms with Crippen LogP contribution < -0.4 is 10.6 Å². The van der Waals surface area contributed by atoms with E-state index in [4.69, 9.17) is 16.7 Å². The molecule has 0 spiro atoms. The Bertz CT molecular complexity index is 649. The van der Waals surface area contributed by atoms with Gasteiger partial charge in [-0.1, -0.05) is 17.7 Å². The van der Waals surface area contributed by atoms with Crippen LogP contribution in [0.3, 0.4) is 0 Å². The van der Waals surface area contributed by atoms with Crippen molar-refractivity contribution in [2.75, 3.05) is 13.1 Å². The van der Waals surface area contributed by atoms with Crippen molar-refractivity contribution in [3.05, 3.63) is 38.9 Å². The maximum absolute atomic E-state index is 12.0. The number of nitrogens with one attached hydrogen (secondary N) is 2. The predicted molar refractivity (Wildman–Crippen MR) is 84.9 cm³/mol. The summed E-state index contributed by atoms with van der Waals surface area (Å²) in [5.41, 5.74) is -0.757. The van der Waals surface area contributed by atoms with Gasteiger partial charge in [-0.25, -0.2) is 0 Å². The Labute approximate surface area is 142 Å². The van der Waals surface area contributed by atoms with E-state index < -0.39 is 28.4 Å². The van der Waals surface area contributed by atoms with Crippen LogP contribution in [0.25, 0.3) is 0 Å². The van der Waals surface area contributed by atoms with Gasteiger partial charge in [0.1, 0.15) is 5.56 Å². The summed E-state index contributed by atoms with van der Waals surface area (Å²) in [6.45, 7) is -0.103. The number of aliphatic carboxylic acids is 1. The number of carbonyl (C=O) groups excluding carboxylic acids is 2. The molecule has 0 saturated carbocycles. The first-order chi connectivity index (χ1) is 11.3. The van der Waals surface area contributed by atoms with Crippen LogP contribution in [0, 0.1) is 10.1 Å². The highest BCUT2D eigenvalue weighted by atomic mass is 35.5. The molecule has 0 fully saturated rings. The maximum Gasteiger partial charge on any atom is 0.303 e. The van der Waals surface area contributed by atoms with E-state index in [1.165, 1.54) is 12.1 Å². The molecule has 3 N–H and O–H groups in total. The molecule has 24 heavy (non-hydrogen) atoms. The summed E-state index contributed by atoms with van der Waals surface area (Å²) in [5, 5.41) is 24.1. The zero-order chi connectivity index (χ0) is 18.1. The minimum atomic E-state index is -0.907. The van der Waals surface area contributed by atoms with Crippen LogP contribution in [0.5, 0.6) is 0 Å². The number of nitrogens with zero attached hydrogens (tertiary/aromatic N) is 1. The molecule has 1 aromatic rings. The second-order valence-electron chi connectivity index (χ2n) is 4.77. The summed E-state index contributed by atoms with van der Waals surface area (Å²) in [6, 6.07) is 3.83. The molecule has 0 aliphatic carbocycles. The normalized spacial score (nSPS) is 10.0. The third-order valence-corrected chi connectivity index (χ3v) is 3.28. The number of nitro groups is 1. The van der Waals surface area contributed by atoms with Crippen LogP contribution in [-0.2, 0) is 9.59 Å². The van der Waals surface area contributed by atoms with Crippen molar-refractivity contribution in [1.29, 1.82) is 0 Å². The number of nitro benzene ring substituents is 1. The van der Waals surface area contributed by atoms with Gasteiger partial charge in [0.25, 0.3) is 11.6 Å². The van der Waals surface area contributed by atoms with Gasteiger partial charge in [-0.15, -0.1) is 0 Å². The molecule has 0 aromatic heterocycles. The summed E-state index contributed by atoms with van der Waals surface area (Å²) in [6.07, 6.45) is 0.929. The molecular formula is C14H16ClN3O6. The molecule has 130 valence electrons. The monoisotopic (exact) mass is 357 g/mol. The summed E-state index contributed by atoms with van der Waals surface area (Å²) in [7, 11) is 0. The van der Waals surface area contributed by atoms with Crippen molar-refractivity contribution < 1.29 is 24.4 Å². The lowest BCUT2D eigenvalue weighted by atomic mass is 10.1. The lowest BCUT2D eigenvalue weighted by molar-refractivity contribution is -0.385. The number of unbranched alkanes of at least 4 members (excludes halogenated alkanes) is 1. The molecular weight excluding hydrogens is 342 g/mol. The van der Waals surface area contributed by atoms with E-state index in [-0.39, 0.29) is 30.1 Å². The van der Waals surface area contributed by atoms with Gasteiger partial charge in [-0.2, -0.15) is 0 Å². The van der Waals surface area contributed by atoms with Crippen molar-refractivity contribution in [1.82, 2.24) is 10.6 Å². The zero-order valence-electron chi connectivity index (χ0n) is 12.6. The summed E-state index contributed by atoms with van der Waals surface area (Å²) >= 11 is 5.81. The number of carboxylic acids is 1. The van der Waals surface area contributed by atoms with Gasteiger partial charge in [0, 0.05) is 19.0 Å². The molecule has 9 nitrogen and oxygen atoms in total. The molecule has 2 amide bonds. The standard InChI is InChI=1S/C14H16ClN3O6/c15-9-4-3-5-10(18(23)24)13(9)14(22)17-8-11(19)16-7-2-1-6-12(20)21/h3-5H,1-2,6-8H2,(H,16,19)(H,17,22)(H,20,21). The highest BCUT2D eigenvalue weighted by Crippen LogP contribution is 2.25. The minimum absolute atomic E-state index is 0.0166. The van der Waals surface area contributed by atoms with E-state index in [1.54, 1.807) is 0 Å². The summed E-state index contributed by atoms with van der Waals surface area (Å²) in [5.74, 6) is -2.23. The van der Waals surface area contributed by atoms with Gasteiger partial charge in [-0.05, 0) is 18.9 Å². The van der Waals surface area contributed by atoms with Crippen molar-refractivity contribution in [2.24, 2.45) is 0 Å². The van der Waals surface area contributed by atoms with Gasteiger partial charge in [0.05, 0.1) is 16.5 Å². The Kier molecular flexibility index (Phi) is 7.63. The Hall–Kier alpha value is -2.68. The molecule has 0 radical (unpaired) electrons. The highest BCUT2D eigenvalue weighted by Gasteiger charge is 2.23. The molecule has 1 aromatic carbocycles. The fraction of sp³-hybridized carbons (Fsp3) is 0.357. The Morgan fingerprint density at radius 1 is 1.21 bits per heavy atom. The van der Waals surface area contributed by atoms with E-state index in [1.807, 2.05) is 0 Å². The van der Waals surface area contributed by atoms with Crippen molar-refractivity contribution >= 4 is 35.1 Å². The SMILES string of the molecule is O=C(O)CCCCNC(=O)CNC(=O)c1c(Cl)cccc1[N+](=O)[O-]. The quantitative estimate of drug-likeness (QED) is 0.346. The van der Waals surface area contributed by atoms with Crippen LogP contribution in [0.2, 0.25) is 5.02 Å². The second kappa shape index (κ2) is 9.46. The first kappa shape index (κ1) is 19.4. The number of carbonyl (C=O) groups is 3. The van der Waals surface area contributed by atoms with Crippen LogP contribution in [0.4, 0.5) is 5.69 Å². The topological polar surface area (TPSA) is 139 Å². The average Bonchev–Trinajstić information content (AvgIpc) is 2.51. The van der Waals surface area contributed by atoms with E-state index in [0.29, 0.717) is 12.8 Å². The first-order valence-electron chi connectivity index (χ1n) is 7.02. The van der Waals surface area contributed by atoms with Gasteiger partial charge < -0.3 is 15.7 Å². The second-order valence-corrected chi connectivity index (χ2v) is 5.18. The first-order valence-corrected chi connectivity index (χ1v) is 7.40. The lowest BCUT2D eigenvalue weighted by Crippen LogP contribution is -2.37. The van der Waals surface area contributed by atoms with Crippen LogP contribution in [0.15, 0.2) is 18.2 Å². The van der Waals surface area contributed by atoms with Crippen LogP contribution in [0.1, 0.15) is 29.6 Å². The zero-order valence-corrected chi connectivity index (χ0v) is 13.3.